The first-order chi connectivity index (χ1) is 4.79. The Morgan fingerprint density at radius 2 is 2.20 bits per heavy atom. The summed E-state index contributed by atoms with van der Waals surface area (Å²) < 4.78 is 5.48. The molecule has 1 N–H and O–H groups in total. The van der Waals surface area contributed by atoms with Crippen LogP contribution in [0.4, 0.5) is 0 Å². The number of hydrogen-bond acceptors (Lipinski definition) is 2. The van der Waals surface area contributed by atoms with Crippen molar-refractivity contribution in [2.24, 2.45) is 0 Å². The lowest BCUT2D eigenvalue weighted by Crippen LogP contribution is -2.31. The first-order valence-corrected chi connectivity index (χ1v) is 4.14. The molecule has 1 saturated carbocycles. The van der Waals surface area contributed by atoms with Crippen LogP contribution in [-0.2, 0) is 4.74 Å². The van der Waals surface area contributed by atoms with Gasteiger partial charge < -0.3 is 4.74 Å². The molecule has 2 nitrogen and oxygen atoms in total. The molecule has 1 rings (SSSR count). The monoisotopic (exact) mass is 143 g/mol. The Kier molecular flexibility index (Phi) is 3.16. The minimum Gasteiger partial charge on any atom is -0.363 e. The van der Waals surface area contributed by atoms with Crippen molar-refractivity contribution in [2.45, 2.75) is 45.3 Å². The smallest absolute Gasteiger partial charge is 0.0970 e. The predicted molar refractivity (Wildman–Crippen MR) is 41.9 cm³/mol. The summed E-state index contributed by atoms with van der Waals surface area (Å²) in [6, 6.07) is 0.542. The lowest BCUT2D eigenvalue weighted by molar-refractivity contribution is -0.00969. The van der Waals surface area contributed by atoms with Crippen LogP contribution in [0.25, 0.3) is 0 Å². The van der Waals surface area contributed by atoms with E-state index >= 15 is 0 Å². The van der Waals surface area contributed by atoms with Gasteiger partial charge in [-0.25, -0.2) is 0 Å². The van der Waals surface area contributed by atoms with E-state index in [1.165, 1.54) is 19.3 Å². The highest BCUT2D eigenvalue weighted by Gasteiger charge is 2.17. The number of ether oxygens (including phenoxy) is 1. The number of rotatable bonds is 4. The Hall–Kier alpha value is -0.0800. The molecule has 0 unspecified atom stereocenters. The molecule has 60 valence electrons. The van der Waals surface area contributed by atoms with Gasteiger partial charge in [0.15, 0.2) is 0 Å². The summed E-state index contributed by atoms with van der Waals surface area (Å²) in [4.78, 5) is 0. The Labute approximate surface area is 63.0 Å². The average molecular weight is 143 g/mol. The topological polar surface area (TPSA) is 21.3 Å². The molecule has 0 amide bonds. The van der Waals surface area contributed by atoms with Crippen LogP contribution in [0.3, 0.4) is 0 Å². The minimum atomic E-state index is 0.542. The van der Waals surface area contributed by atoms with E-state index in [-0.39, 0.29) is 0 Å². The van der Waals surface area contributed by atoms with Gasteiger partial charge in [-0.05, 0) is 33.1 Å². The molecule has 0 bridgehead atoms. The van der Waals surface area contributed by atoms with Crippen molar-refractivity contribution in [3.05, 3.63) is 0 Å². The molecule has 2 heteroatoms. The van der Waals surface area contributed by atoms with Crippen molar-refractivity contribution in [2.75, 3.05) is 6.73 Å². The first kappa shape index (κ1) is 8.02. The summed E-state index contributed by atoms with van der Waals surface area (Å²) in [5.41, 5.74) is 0. The molecule has 0 aromatic carbocycles. The maximum Gasteiger partial charge on any atom is 0.0970 e. The fraction of sp³-hybridized carbons (Fsp3) is 1.00. The molecule has 0 saturated heterocycles. The van der Waals surface area contributed by atoms with Crippen LogP contribution in [0.15, 0.2) is 0 Å². The van der Waals surface area contributed by atoms with Gasteiger partial charge in [-0.1, -0.05) is 0 Å². The number of nitrogens with one attached hydrogen (secondary N) is 1. The van der Waals surface area contributed by atoms with Crippen molar-refractivity contribution in [1.29, 1.82) is 0 Å². The van der Waals surface area contributed by atoms with Gasteiger partial charge in [-0.3, -0.25) is 5.32 Å². The van der Waals surface area contributed by atoms with E-state index < -0.39 is 0 Å². The Bertz CT molecular complexity index is 89.3. The van der Waals surface area contributed by atoms with Gasteiger partial charge in [0.05, 0.1) is 12.8 Å². The normalized spacial score (nSPS) is 19.5. The van der Waals surface area contributed by atoms with E-state index in [1.807, 2.05) is 0 Å². The third-order valence-electron chi connectivity index (χ3n) is 1.86. The molecule has 0 aliphatic heterocycles. The highest BCUT2D eigenvalue weighted by Crippen LogP contribution is 2.21. The Morgan fingerprint density at radius 3 is 2.60 bits per heavy atom. The average Bonchev–Trinajstić information content (AvgIpc) is 1.75. The van der Waals surface area contributed by atoms with Crippen molar-refractivity contribution in [1.82, 2.24) is 5.32 Å². The molecule has 0 radical (unpaired) electrons. The third kappa shape index (κ3) is 2.67. The highest BCUT2D eigenvalue weighted by atomic mass is 16.5. The third-order valence-corrected chi connectivity index (χ3v) is 1.86. The molecule has 0 spiro atoms. The molecule has 1 aliphatic rings. The van der Waals surface area contributed by atoms with E-state index in [2.05, 4.69) is 19.2 Å². The van der Waals surface area contributed by atoms with Crippen molar-refractivity contribution in [3.63, 3.8) is 0 Å². The van der Waals surface area contributed by atoms with Crippen LogP contribution in [0.5, 0.6) is 0 Å². The SMILES string of the molecule is CC(C)NCOC1CCC1. The second kappa shape index (κ2) is 3.94. The summed E-state index contributed by atoms with van der Waals surface area (Å²) in [7, 11) is 0. The maximum atomic E-state index is 5.48. The second-order valence-corrected chi connectivity index (χ2v) is 3.22. The van der Waals surface area contributed by atoms with Crippen LogP contribution >= 0.6 is 0 Å². The van der Waals surface area contributed by atoms with Gasteiger partial charge in [0, 0.05) is 6.04 Å². The molecular formula is C8H17NO. The number of hydrogen-bond donors (Lipinski definition) is 1. The van der Waals surface area contributed by atoms with Crippen molar-refractivity contribution < 1.29 is 4.74 Å². The van der Waals surface area contributed by atoms with Crippen molar-refractivity contribution >= 4 is 0 Å². The van der Waals surface area contributed by atoms with Crippen LogP contribution in [0.2, 0.25) is 0 Å². The van der Waals surface area contributed by atoms with E-state index in [0.29, 0.717) is 12.1 Å². The van der Waals surface area contributed by atoms with Crippen molar-refractivity contribution in [3.8, 4) is 0 Å². The quantitative estimate of drug-likeness (QED) is 0.602. The summed E-state index contributed by atoms with van der Waals surface area (Å²) in [6.45, 7) is 4.98. The minimum absolute atomic E-state index is 0.542. The standard InChI is InChI=1S/C8H17NO/c1-7(2)9-6-10-8-4-3-5-8/h7-9H,3-6H2,1-2H3. The molecule has 1 aliphatic carbocycles. The summed E-state index contributed by atoms with van der Waals surface area (Å²) in [5, 5.41) is 3.22. The van der Waals surface area contributed by atoms with Crippen LogP contribution < -0.4 is 5.32 Å². The van der Waals surface area contributed by atoms with Gasteiger partial charge in [0.2, 0.25) is 0 Å². The maximum absolute atomic E-state index is 5.48. The van der Waals surface area contributed by atoms with Crippen LogP contribution in [0, 0.1) is 0 Å². The lowest BCUT2D eigenvalue weighted by atomic mass is 9.96. The molecular weight excluding hydrogens is 126 g/mol. The largest absolute Gasteiger partial charge is 0.363 e. The van der Waals surface area contributed by atoms with E-state index in [1.54, 1.807) is 0 Å². The van der Waals surface area contributed by atoms with Gasteiger partial charge in [-0.2, -0.15) is 0 Å². The van der Waals surface area contributed by atoms with Gasteiger partial charge in [-0.15, -0.1) is 0 Å². The fourth-order valence-electron chi connectivity index (χ4n) is 0.870. The highest BCUT2D eigenvalue weighted by molar-refractivity contribution is 4.68. The van der Waals surface area contributed by atoms with E-state index in [0.717, 1.165) is 6.73 Å². The molecule has 1 fully saturated rings. The van der Waals surface area contributed by atoms with E-state index in [9.17, 15) is 0 Å². The molecule has 0 heterocycles. The van der Waals surface area contributed by atoms with Crippen LogP contribution in [-0.4, -0.2) is 18.9 Å². The Balaban J connectivity index is 1.85. The zero-order valence-corrected chi connectivity index (χ0v) is 6.89. The fourth-order valence-corrected chi connectivity index (χ4v) is 0.870. The summed E-state index contributed by atoms with van der Waals surface area (Å²) >= 11 is 0. The molecule has 0 atom stereocenters. The van der Waals surface area contributed by atoms with Crippen LogP contribution in [0.1, 0.15) is 33.1 Å². The second-order valence-electron chi connectivity index (χ2n) is 3.22. The zero-order valence-electron chi connectivity index (χ0n) is 6.89. The molecule has 10 heavy (non-hydrogen) atoms. The van der Waals surface area contributed by atoms with Gasteiger partial charge in [0.1, 0.15) is 0 Å². The van der Waals surface area contributed by atoms with E-state index in [4.69, 9.17) is 4.74 Å². The van der Waals surface area contributed by atoms with Gasteiger partial charge in [0.25, 0.3) is 0 Å². The molecule has 0 aromatic rings. The molecule has 0 aromatic heterocycles. The first-order valence-electron chi connectivity index (χ1n) is 4.14. The lowest BCUT2D eigenvalue weighted by Gasteiger charge is -2.26. The summed E-state index contributed by atoms with van der Waals surface area (Å²) in [6.07, 6.45) is 4.44. The Morgan fingerprint density at radius 1 is 1.50 bits per heavy atom. The summed E-state index contributed by atoms with van der Waals surface area (Å²) in [5.74, 6) is 0. The predicted octanol–water partition coefficient (Wildman–Crippen LogP) is 1.51. The van der Waals surface area contributed by atoms with Gasteiger partial charge >= 0.3 is 0 Å². The zero-order chi connectivity index (χ0) is 7.40.